The molecule has 108 valence electrons. The molecule has 2 aromatic rings. The molecule has 0 N–H and O–H groups in total. The molecule has 0 aliphatic carbocycles. The molecule has 0 aliphatic heterocycles. The highest BCUT2D eigenvalue weighted by atomic mass is 35.5. The van der Waals surface area contributed by atoms with Gasteiger partial charge in [0.05, 0.1) is 0 Å². The zero-order valence-electron chi connectivity index (χ0n) is 12.3. The minimum atomic E-state index is 0.482. The van der Waals surface area contributed by atoms with Crippen LogP contribution in [0.2, 0.25) is 5.15 Å². The van der Waals surface area contributed by atoms with Crippen LogP contribution in [0.25, 0.3) is 10.8 Å². The average molecular weight is 292 g/mol. The Hall–Kier alpha value is -1.35. The number of anilines is 1. The van der Waals surface area contributed by atoms with Crippen molar-refractivity contribution in [3.8, 4) is 0 Å². The van der Waals surface area contributed by atoms with Gasteiger partial charge in [-0.3, -0.25) is 0 Å². The number of halogens is 1. The molecule has 0 amide bonds. The van der Waals surface area contributed by atoms with Crippen LogP contribution in [0.3, 0.4) is 0 Å². The lowest BCUT2D eigenvalue weighted by Gasteiger charge is -2.24. The molecule has 0 aliphatic rings. The summed E-state index contributed by atoms with van der Waals surface area (Å²) in [6.07, 6.45) is 4.70. The average Bonchev–Trinajstić information content (AvgIpc) is 2.49. The maximum absolute atomic E-state index is 6.15. The third kappa shape index (κ3) is 3.40. The molecular formula is C16H22ClN3. The second-order valence-corrected chi connectivity index (χ2v) is 5.41. The predicted molar refractivity (Wildman–Crippen MR) is 86.6 cm³/mol. The molecule has 0 atom stereocenters. The second-order valence-electron chi connectivity index (χ2n) is 5.05. The smallest absolute Gasteiger partial charge is 0.159 e. The first-order valence-electron chi connectivity index (χ1n) is 7.43. The molecule has 20 heavy (non-hydrogen) atoms. The second kappa shape index (κ2) is 7.44. The number of unbranched alkanes of at least 4 members (excludes halogenated alkanes) is 2. The summed E-state index contributed by atoms with van der Waals surface area (Å²) in [6.45, 7) is 6.47. The number of hydrogen-bond acceptors (Lipinski definition) is 3. The van der Waals surface area contributed by atoms with Gasteiger partial charge in [-0.2, -0.15) is 0 Å². The molecule has 2 rings (SSSR count). The van der Waals surface area contributed by atoms with E-state index in [4.69, 9.17) is 11.6 Å². The number of rotatable bonds is 7. The van der Waals surface area contributed by atoms with Crippen LogP contribution in [0.1, 0.15) is 39.5 Å². The first-order chi connectivity index (χ1) is 9.77. The van der Waals surface area contributed by atoms with Crippen molar-refractivity contribution in [1.82, 2.24) is 10.2 Å². The quantitative estimate of drug-likeness (QED) is 0.741. The molecule has 0 spiro atoms. The van der Waals surface area contributed by atoms with E-state index >= 15 is 0 Å². The molecule has 1 aromatic carbocycles. The van der Waals surface area contributed by atoms with Gasteiger partial charge in [-0.1, -0.05) is 62.6 Å². The fourth-order valence-corrected chi connectivity index (χ4v) is 2.51. The monoisotopic (exact) mass is 291 g/mol. The Morgan fingerprint density at radius 3 is 2.15 bits per heavy atom. The summed E-state index contributed by atoms with van der Waals surface area (Å²) in [6, 6.07) is 8.10. The summed E-state index contributed by atoms with van der Waals surface area (Å²) in [5.41, 5.74) is 0. The largest absolute Gasteiger partial charge is 0.355 e. The number of fused-ring (bicyclic) bond motifs is 1. The number of aromatic nitrogens is 2. The maximum atomic E-state index is 6.15. The topological polar surface area (TPSA) is 29.0 Å². The molecule has 0 fully saturated rings. The Kier molecular flexibility index (Phi) is 5.60. The fraction of sp³-hybridized carbons (Fsp3) is 0.500. The van der Waals surface area contributed by atoms with Gasteiger partial charge in [0, 0.05) is 23.9 Å². The van der Waals surface area contributed by atoms with Crippen molar-refractivity contribution in [2.75, 3.05) is 18.0 Å². The van der Waals surface area contributed by atoms with Gasteiger partial charge in [0.15, 0.2) is 11.0 Å². The number of hydrogen-bond donors (Lipinski definition) is 0. The zero-order chi connectivity index (χ0) is 14.4. The Morgan fingerprint density at radius 2 is 1.55 bits per heavy atom. The lowest BCUT2D eigenvalue weighted by atomic mass is 10.1. The van der Waals surface area contributed by atoms with E-state index < -0.39 is 0 Å². The molecule has 0 unspecified atom stereocenters. The summed E-state index contributed by atoms with van der Waals surface area (Å²) < 4.78 is 0. The Bertz CT molecular complexity index is 548. The minimum absolute atomic E-state index is 0.482. The van der Waals surface area contributed by atoms with E-state index in [0.29, 0.717) is 5.15 Å². The molecular weight excluding hydrogens is 270 g/mol. The molecule has 1 aromatic heterocycles. The third-order valence-electron chi connectivity index (χ3n) is 3.49. The normalized spacial score (nSPS) is 10.9. The van der Waals surface area contributed by atoms with Crippen LogP contribution in [0.15, 0.2) is 24.3 Å². The van der Waals surface area contributed by atoms with Gasteiger partial charge in [-0.25, -0.2) is 0 Å². The predicted octanol–water partition coefficient (Wildman–Crippen LogP) is 4.69. The van der Waals surface area contributed by atoms with Crippen LogP contribution in [0, 0.1) is 0 Å². The van der Waals surface area contributed by atoms with E-state index in [1.54, 1.807) is 0 Å². The first-order valence-corrected chi connectivity index (χ1v) is 7.81. The summed E-state index contributed by atoms with van der Waals surface area (Å²) in [4.78, 5) is 2.35. The van der Waals surface area contributed by atoms with Gasteiger partial charge >= 0.3 is 0 Å². The van der Waals surface area contributed by atoms with Crippen molar-refractivity contribution < 1.29 is 0 Å². The van der Waals surface area contributed by atoms with Gasteiger partial charge < -0.3 is 4.90 Å². The van der Waals surface area contributed by atoms with E-state index in [-0.39, 0.29) is 0 Å². The standard InChI is InChI=1S/C16H22ClN3/c1-3-5-11-20(12-6-4-2)16-14-10-8-7-9-13(14)15(17)18-19-16/h7-10H,3-6,11-12H2,1-2H3. The van der Waals surface area contributed by atoms with Gasteiger partial charge in [-0.15, -0.1) is 10.2 Å². The van der Waals surface area contributed by atoms with Crippen molar-refractivity contribution >= 4 is 28.2 Å². The Morgan fingerprint density at radius 1 is 0.950 bits per heavy atom. The van der Waals surface area contributed by atoms with E-state index in [1.807, 2.05) is 18.2 Å². The lowest BCUT2D eigenvalue weighted by Crippen LogP contribution is -2.27. The van der Waals surface area contributed by atoms with Crippen molar-refractivity contribution in [3.05, 3.63) is 29.4 Å². The van der Waals surface area contributed by atoms with E-state index in [2.05, 4.69) is 35.0 Å². The molecule has 1 heterocycles. The molecule has 4 heteroatoms. The summed E-state index contributed by atoms with van der Waals surface area (Å²) >= 11 is 6.15. The molecule has 0 saturated carbocycles. The fourth-order valence-electron chi connectivity index (χ4n) is 2.31. The number of benzene rings is 1. The van der Waals surface area contributed by atoms with Gasteiger partial charge in [0.2, 0.25) is 0 Å². The van der Waals surface area contributed by atoms with E-state index in [0.717, 1.165) is 29.7 Å². The molecule has 0 saturated heterocycles. The molecule has 0 radical (unpaired) electrons. The Labute approximate surface area is 126 Å². The van der Waals surface area contributed by atoms with Crippen LogP contribution in [0.4, 0.5) is 5.82 Å². The molecule has 0 bridgehead atoms. The van der Waals surface area contributed by atoms with Crippen molar-refractivity contribution in [2.45, 2.75) is 39.5 Å². The highest BCUT2D eigenvalue weighted by Crippen LogP contribution is 2.28. The first kappa shape index (κ1) is 15.0. The molecule has 3 nitrogen and oxygen atoms in total. The van der Waals surface area contributed by atoms with Gasteiger partial charge in [-0.05, 0) is 12.8 Å². The van der Waals surface area contributed by atoms with Crippen LogP contribution in [-0.4, -0.2) is 23.3 Å². The van der Waals surface area contributed by atoms with E-state index in [9.17, 15) is 0 Å². The highest BCUT2D eigenvalue weighted by Gasteiger charge is 2.13. The minimum Gasteiger partial charge on any atom is -0.355 e. The Balaban J connectivity index is 2.38. The van der Waals surface area contributed by atoms with Gasteiger partial charge in [0.25, 0.3) is 0 Å². The maximum Gasteiger partial charge on any atom is 0.159 e. The van der Waals surface area contributed by atoms with Gasteiger partial charge in [0.1, 0.15) is 0 Å². The summed E-state index contributed by atoms with van der Waals surface area (Å²) in [7, 11) is 0. The van der Waals surface area contributed by atoms with Crippen molar-refractivity contribution in [2.24, 2.45) is 0 Å². The zero-order valence-corrected chi connectivity index (χ0v) is 13.0. The van der Waals surface area contributed by atoms with Crippen LogP contribution in [-0.2, 0) is 0 Å². The summed E-state index contributed by atoms with van der Waals surface area (Å²) in [5.74, 6) is 0.965. The lowest BCUT2D eigenvalue weighted by molar-refractivity contribution is 0.669. The summed E-state index contributed by atoms with van der Waals surface area (Å²) in [5, 5.41) is 11.0. The van der Waals surface area contributed by atoms with Crippen LogP contribution >= 0.6 is 11.6 Å². The third-order valence-corrected chi connectivity index (χ3v) is 3.76. The SMILES string of the molecule is CCCCN(CCCC)c1nnc(Cl)c2ccccc12. The van der Waals surface area contributed by atoms with Crippen LogP contribution < -0.4 is 4.90 Å². The van der Waals surface area contributed by atoms with E-state index in [1.165, 1.54) is 25.7 Å². The number of nitrogens with zero attached hydrogens (tertiary/aromatic N) is 3. The van der Waals surface area contributed by atoms with Crippen molar-refractivity contribution in [1.29, 1.82) is 0 Å². The van der Waals surface area contributed by atoms with Crippen LogP contribution in [0.5, 0.6) is 0 Å². The highest BCUT2D eigenvalue weighted by molar-refractivity contribution is 6.34. The van der Waals surface area contributed by atoms with Crippen molar-refractivity contribution in [3.63, 3.8) is 0 Å².